The predicted molar refractivity (Wildman–Crippen MR) is 60.2 cm³/mol. The second kappa shape index (κ2) is 4.26. The van der Waals surface area contributed by atoms with Crippen LogP contribution in [0, 0.1) is 6.92 Å². The number of ketones is 1. The van der Waals surface area contributed by atoms with Crippen LogP contribution in [0.3, 0.4) is 0 Å². The maximum absolute atomic E-state index is 12.0. The third kappa shape index (κ3) is 2.00. The summed E-state index contributed by atoms with van der Waals surface area (Å²) < 4.78 is 1.86. The number of imidazole rings is 1. The van der Waals surface area contributed by atoms with Crippen LogP contribution in [0.4, 0.5) is 0 Å². The molecule has 2 rings (SSSR count). The molecule has 16 heavy (non-hydrogen) atoms. The molecule has 2 aromatic rings. The molecule has 0 N–H and O–H groups in total. The van der Waals surface area contributed by atoms with Crippen LogP contribution in [0.5, 0.6) is 0 Å². The van der Waals surface area contributed by atoms with E-state index in [2.05, 4.69) is 9.97 Å². The van der Waals surface area contributed by atoms with Gasteiger partial charge in [-0.25, -0.2) is 4.98 Å². The van der Waals surface area contributed by atoms with Gasteiger partial charge in [0.1, 0.15) is 5.82 Å². The third-order valence-corrected chi connectivity index (χ3v) is 2.56. The first kappa shape index (κ1) is 10.5. The topological polar surface area (TPSA) is 47.8 Å². The number of carbonyl (C=O) groups is 1. The summed E-state index contributed by atoms with van der Waals surface area (Å²) in [5.74, 6) is 0.857. The molecular formula is C12H13N3O. The molecule has 0 saturated heterocycles. The summed E-state index contributed by atoms with van der Waals surface area (Å²) in [5.41, 5.74) is 1.62. The van der Waals surface area contributed by atoms with Gasteiger partial charge in [-0.05, 0) is 18.6 Å². The van der Waals surface area contributed by atoms with Crippen molar-refractivity contribution in [2.75, 3.05) is 0 Å². The van der Waals surface area contributed by atoms with E-state index in [0.717, 1.165) is 17.0 Å². The average Bonchev–Trinajstić information content (AvgIpc) is 2.65. The van der Waals surface area contributed by atoms with Crippen molar-refractivity contribution < 1.29 is 4.79 Å². The minimum absolute atomic E-state index is 0.0780. The fourth-order valence-electron chi connectivity index (χ4n) is 1.59. The van der Waals surface area contributed by atoms with Gasteiger partial charge in [-0.1, -0.05) is 0 Å². The molecule has 0 saturated carbocycles. The molecule has 0 radical (unpaired) electrons. The SMILES string of the molecule is Cc1cnccc1C(=O)Cc1nccn1C. The summed E-state index contributed by atoms with van der Waals surface area (Å²) in [6.45, 7) is 1.89. The monoisotopic (exact) mass is 215 g/mol. The zero-order valence-corrected chi connectivity index (χ0v) is 9.34. The Morgan fingerprint density at radius 1 is 1.44 bits per heavy atom. The number of nitrogens with zero attached hydrogens (tertiary/aromatic N) is 3. The van der Waals surface area contributed by atoms with Crippen LogP contribution in [0.15, 0.2) is 30.9 Å². The van der Waals surface area contributed by atoms with Gasteiger partial charge in [0.05, 0.1) is 6.42 Å². The maximum atomic E-state index is 12.0. The van der Waals surface area contributed by atoms with E-state index in [1.165, 1.54) is 0 Å². The van der Waals surface area contributed by atoms with Crippen LogP contribution in [0.2, 0.25) is 0 Å². The van der Waals surface area contributed by atoms with E-state index in [4.69, 9.17) is 0 Å². The van der Waals surface area contributed by atoms with Crippen molar-refractivity contribution >= 4 is 5.78 Å². The van der Waals surface area contributed by atoms with E-state index in [1.807, 2.05) is 24.7 Å². The van der Waals surface area contributed by atoms with Crippen molar-refractivity contribution in [2.24, 2.45) is 7.05 Å². The Morgan fingerprint density at radius 3 is 2.88 bits per heavy atom. The molecule has 0 aliphatic carbocycles. The van der Waals surface area contributed by atoms with Crippen molar-refractivity contribution in [1.29, 1.82) is 0 Å². The molecule has 0 atom stereocenters. The first-order valence-electron chi connectivity index (χ1n) is 5.08. The highest BCUT2D eigenvalue weighted by Gasteiger charge is 2.11. The van der Waals surface area contributed by atoms with E-state index in [9.17, 15) is 4.79 Å². The minimum atomic E-state index is 0.0780. The van der Waals surface area contributed by atoms with Gasteiger partial charge in [0.2, 0.25) is 0 Å². The molecule has 4 nitrogen and oxygen atoms in total. The van der Waals surface area contributed by atoms with Gasteiger partial charge in [0, 0.05) is 37.4 Å². The van der Waals surface area contributed by atoms with Crippen LogP contribution in [0.25, 0.3) is 0 Å². The number of rotatable bonds is 3. The van der Waals surface area contributed by atoms with Crippen molar-refractivity contribution in [3.63, 3.8) is 0 Å². The van der Waals surface area contributed by atoms with Crippen LogP contribution >= 0.6 is 0 Å². The van der Waals surface area contributed by atoms with Crippen LogP contribution < -0.4 is 0 Å². The number of aromatic nitrogens is 3. The lowest BCUT2D eigenvalue weighted by Crippen LogP contribution is -2.09. The summed E-state index contributed by atoms with van der Waals surface area (Å²) in [4.78, 5) is 20.1. The lowest BCUT2D eigenvalue weighted by Gasteiger charge is -2.04. The zero-order chi connectivity index (χ0) is 11.5. The minimum Gasteiger partial charge on any atom is -0.338 e. The Hall–Kier alpha value is -1.97. The summed E-state index contributed by atoms with van der Waals surface area (Å²) >= 11 is 0. The highest BCUT2D eigenvalue weighted by molar-refractivity contribution is 5.98. The van der Waals surface area contributed by atoms with Crippen molar-refractivity contribution in [2.45, 2.75) is 13.3 Å². The van der Waals surface area contributed by atoms with E-state index in [-0.39, 0.29) is 5.78 Å². The smallest absolute Gasteiger partial charge is 0.170 e. The summed E-state index contributed by atoms with van der Waals surface area (Å²) in [6.07, 6.45) is 7.20. The van der Waals surface area contributed by atoms with E-state index < -0.39 is 0 Å². The highest BCUT2D eigenvalue weighted by atomic mass is 16.1. The molecule has 0 unspecified atom stereocenters. The first-order chi connectivity index (χ1) is 7.68. The summed E-state index contributed by atoms with van der Waals surface area (Å²) in [5, 5.41) is 0. The second-order valence-electron chi connectivity index (χ2n) is 3.74. The van der Waals surface area contributed by atoms with Gasteiger partial charge >= 0.3 is 0 Å². The summed E-state index contributed by atoms with van der Waals surface area (Å²) in [6, 6.07) is 1.75. The molecule has 0 amide bonds. The van der Waals surface area contributed by atoms with Crippen molar-refractivity contribution in [3.8, 4) is 0 Å². The first-order valence-corrected chi connectivity index (χ1v) is 5.08. The number of hydrogen-bond acceptors (Lipinski definition) is 3. The normalized spacial score (nSPS) is 10.4. The second-order valence-corrected chi connectivity index (χ2v) is 3.74. The fourth-order valence-corrected chi connectivity index (χ4v) is 1.59. The highest BCUT2D eigenvalue weighted by Crippen LogP contribution is 2.09. The number of pyridine rings is 1. The lowest BCUT2D eigenvalue weighted by molar-refractivity contribution is 0.0989. The van der Waals surface area contributed by atoms with E-state index in [1.54, 1.807) is 24.7 Å². The zero-order valence-electron chi connectivity index (χ0n) is 9.34. The van der Waals surface area contributed by atoms with Crippen molar-refractivity contribution in [1.82, 2.24) is 14.5 Å². The summed E-state index contributed by atoms with van der Waals surface area (Å²) in [7, 11) is 1.88. The average molecular weight is 215 g/mol. The molecule has 0 aliphatic heterocycles. The molecule has 2 heterocycles. The van der Waals surface area contributed by atoms with E-state index >= 15 is 0 Å². The van der Waals surface area contributed by atoms with Gasteiger partial charge < -0.3 is 4.57 Å². The number of carbonyl (C=O) groups excluding carboxylic acids is 1. The van der Waals surface area contributed by atoms with Gasteiger partial charge in [-0.15, -0.1) is 0 Å². The Morgan fingerprint density at radius 2 is 2.25 bits per heavy atom. The molecule has 4 heteroatoms. The van der Waals surface area contributed by atoms with Gasteiger partial charge in [0.15, 0.2) is 5.78 Å². The van der Waals surface area contributed by atoms with Crippen molar-refractivity contribution in [3.05, 3.63) is 47.8 Å². The molecule has 0 bridgehead atoms. The molecule has 0 spiro atoms. The molecular weight excluding hydrogens is 202 g/mol. The quantitative estimate of drug-likeness (QED) is 0.730. The predicted octanol–water partition coefficient (Wildman–Crippen LogP) is 1.55. The molecule has 0 aromatic carbocycles. The van der Waals surface area contributed by atoms with Gasteiger partial charge in [-0.3, -0.25) is 9.78 Å². The Kier molecular flexibility index (Phi) is 2.81. The van der Waals surface area contributed by atoms with Gasteiger partial charge in [0.25, 0.3) is 0 Å². The fraction of sp³-hybridized carbons (Fsp3) is 0.250. The standard InChI is InChI=1S/C12H13N3O/c1-9-8-13-4-3-10(9)11(16)7-12-14-5-6-15(12)2/h3-6,8H,7H2,1-2H3. The van der Waals surface area contributed by atoms with E-state index in [0.29, 0.717) is 6.42 Å². The Balaban J connectivity index is 2.22. The maximum Gasteiger partial charge on any atom is 0.170 e. The van der Waals surface area contributed by atoms with Crippen LogP contribution in [-0.4, -0.2) is 20.3 Å². The largest absolute Gasteiger partial charge is 0.338 e. The van der Waals surface area contributed by atoms with Crippen LogP contribution in [-0.2, 0) is 13.5 Å². The Labute approximate surface area is 94.0 Å². The third-order valence-electron chi connectivity index (χ3n) is 2.56. The molecule has 82 valence electrons. The lowest BCUT2D eigenvalue weighted by atomic mass is 10.1. The molecule has 2 aromatic heterocycles. The molecule has 0 aliphatic rings. The Bertz CT molecular complexity index is 516. The van der Waals surface area contributed by atoms with Gasteiger partial charge in [-0.2, -0.15) is 0 Å². The number of aryl methyl sites for hydroxylation is 2. The van der Waals surface area contributed by atoms with Crippen LogP contribution in [0.1, 0.15) is 21.7 Å². The number of Topliss-reactive ketones (excluding diaryl/α,β-unsaturated/α-hetero) is 1. The molecule has 0 fully saturated rings. The number of hydrogen-bond donors (Lipinski definition) is 0.